The number of amides is 1. The molecule has 0 saturated heterocycles. The summed E-state index contributed by atoms with van der Waals surface area (Å²) < 4.78 is 14.0. The number of carbonyl (C=O) groups is 1. The molecule has 0 spiro atoms. The molecule has 26 heavy (non-hydrogen) atoms. The van der Waals surface area contributed by atoms with Gasteiger partial charge in [-0.1, -0.05) is 48.5 Å². The van der Waals surface area contributed by atoms with Crippen molar-refractivity contribution in [2.24, 2.45) is 0 Å². The molecule has 0 aliphatic carbocycles. The second-order valence-corrected chi connectivity index (χ2v) is 6.54. The molecule has 4 nitrogen and oxygen atoms in total. The zero-order valence-corrected chi connectivity index (χ0v) is 14.9. The Morgan fingerprint density at radius 2 is 1.85 bits per heavy atom. The van der Waals surface area contributed by atoms with E-state index >= 15 is 0 Å². The zero-order valence-electron chi connectivity index (χ0n) is 14.9. The van der Waals surface area contributed by atoms with E-state index in [1.54, 1.807) is 24.3 Å². The number of fused-ring (bicyclic) bond motifs is 1. The SMILES string of the molecule is CN(C)CC[C@@H](NC(=O)c1ccc2cccc(F)c2n1)c1ccccc1. The standard InChI is InChI=1S/C21H22FN3O/c1-25(2)14-13-18(15-7-4-3-5-8-15)24-21(26)19-12-11-16-9-6-10-17(22)20(16)23-19/h3-12,18H,13-14H2,1-2H3,(H,24,26)/t18-/m1/s1. The summed E-state index contributed by atoms with van der Waals surface area (Å²) >= 11 is 0. The lowest BCUT2D eigenvalue weighted by molar-refractivity contribution is 0.0928. The van der Waals surface area contributed by atoms with E-state index in [-0.39, 0.29) is 23.2 Å². The number of para-hydroxylation sites is 1. The first-order chi connectivity index (χ1) is 12.5. The third kappa shape index (κ3) is 4.24. The van der Waals surface area contributed by atoms with Crippen molar-refractivity contribution < 1.29 is 9.18 Å². The van der Waals surface area contributed by atoms with Gasteiger partial charge in [0.25, 0.3) is 5.91 Å². The first-order valence-corrected chi connectivity index (χ1v) is 8.60. The van der Waals surface area contributed by atoms with Crippen molar-refractivity contribution in [3.8, 4) is 0 Å². The third-order valence-electron chi connectivity index (χ3n) is 4.28. The number of hydrogen-bond donors (Lipinski definition) is 1. The van der Waals surface area contributed by atoms with Crippen molar-refractivity contribution in [3.63, 3.8) is 0 Å². The minimum Gasteiger partial charge on any atom is -0.344 e. The van der Waals surface area contributed by atoms with Crippen LogP contribution in [0.4, 0.5) is 4.39 Å². The van der Waals surface area contributed by atoms with E-state index in [1.165, 1.54) is 6.07 Å². The van der Waals surface area contributed by atoms with E-state index in [0.29, 0.717) is 5.39 Å². The molecule has 0 radical (unpaired) electrons. The molecule has 3 aromatic rings. The average Bonchev–Trinajstić information content (AvgIpc) is 2.65. The number of pyridine rings is 1. The van der Waals surface area contributed by atoms with Crippen LogP contribution in [0.5, 0.6) is 0 Å². The van der Waals surface area contributed by atoms with E-state index in [4.69, 9.17) is 0 Å². The molecule has 1 amide bonds. The van der Waals surface area contributed by atoms with Crippen LogP contribution in [0.2, 0.25) is 0 Å². The number of benzene rings is 2. The quantitative estimate of drug-likeness (QED) is 0.735. The topological polar surface area (TPSA) is 45.2 Å². The summed E-state index contributed by atoms with van der Waals surface area (Å²) in [6, 6.07) is 17.8. The first kappa shape index (κ1) is 18.0. The minimum atomic E-state index is -0.427. The number of nitrogens with zero attached hydrogens (tertiary/aromatic N) is 2. The Hall–Kier alpha value is -2.79. The number of hydrogen-bond acceptors (Lipinski definition) is 3. The molecule has 0 unspecified atom stereocenters. The molecule has 1 atom stereocenters. The molecule has 0 saturated carbocycles. The van der Waals surface area contributed by atoms with Gasteiger partial charge in [-0.25, -0.2) is 9.37 Å². The molecule has 1 heterocycles. The zero-order chi connectivity index (χ0) is 18.5. The maximum atomic E-state index is 14.0. The van der Waals surface area contributed by atoms with Crippen LogP contribution in [0.1, 0.15) is 28.5 Å². The van der Waals surface area contributed by atoms with Crippen LogP contribution >= 0.6 is 0 Å². The summed E-state index contributed by atoms with van der Waals surface area (Å²) in [4.78, 5) is 19.0. The van der Waals surface area contributed by atoms with Crippen LogP contribution in [0.15, 0.2) is 60.7 Å². The second kappa shape index (κ2) is 8.06. The van der Waals surface area contributed by atoms with E-state index < -0.39 is 5.82 Å². The Balaban J connectivity index is 1.84. The molecule has 3 rings (SSSR count). The molecule has 1 N–H and O–H groups in total. The Morgan fingerprint density at radius 3 is 2.58 bits per heavy atom. The van der Waals surface area contributed by atoms with E-state index in [0.717, 1.165) is 18.5 Å². The molecule has 0 fully saturated rings. The van der Waals surface area contributed by atoms with Crippen molar-refractivity contribution in [3.05, 3.63) is 77.7 Å². The van der Waals surface area contributed by atoms with Gasteiger partial charge in [-0.05, 0) is 44.8 Å². The molecule has 0 aliphatic rings. The van der Waals surface area contributed by atoms with Crippen molar-refractivity contribution in [2.75, 3.05) is 20.6 Å². The number of nitrogens with one attached hydrogen (secondary N) is 1. The average molecular weight is 351 g/mol. The molecule has 0 aliphatic heterocycles. The van der Waals surface area contributed by atoms with E-state index in [2.05, 4.69) is 15.2 Å². The second-order valence-electron chi connectivity index (χ2n) is 6.54. The summed E-state index contributed by atoms with van der Waals surface area (Å²) in [5.41, 5.74) is 1.47. The van der Waals surface area contributed by atoms with Crippen molar-refractivity contribution in [1.29, 1.82) is 0 Å². The van der Waals surface area contributed by atoms with Gasteiger partial charge in [0, 0.05) is 5.39 Å². The van der Waals surface area contributed by atoms with Gasteiger partial charge in [0.2, 0.25) is 0 Å². The monoisotopic (exact) mass is 351 g/mol. The van der Waals surface area contributed by atoms with Crippen molar-refractivity contribution in [1.82, 2.24) is 15.2 Å². The fraction of sp³-hybridized carbons (Fsp3) is 0.238. The summed E-state index contributed by atoms with van der Waals surface area (Å²) in [6.07, 6.45) is 0.769. The highest BCUT2D eigenvalue weighted by atomic mass is 19.1. The summed E-state index contributed by atoms with van der Waals surface area (Å²) in [7, 11) is 4.00. The fourth-order valence-corrected chi connectivity index (χ4v) is 2.86. The Morgan fingerprint density at radius 1 is 1.08 bits per heavy atom. The highest BCUT2D eigenvalue weighted by molar-refractivity contribution is 5.95. The van der Waals surface area contributed by atoms with E-state index in [1.807, 2.05) is 44.4 Å². The van der Waals surface area contributed by atoms with Gasteiger partial charge in [-0.15, -0.1) is 0 Å². The minimum absolute atomic E-state index is 0.135. The maximum Gasteiger partial charge on any atom is 0.270 e. The van der Waals surface area contributed by atoms with Crippen LogP contribution in [-0.2, 0) is 0 Å². The number of rotatable bonds is 6. The molecular weight excluding hydrogens is 329 g/mol. The van der Waals surface area contributed by atoms with Crippen molar-refractivity contribution >= 4 is 16.8 Å². The summed E-state index contributed by atoms with van der Waals surface area (Å²) in [5.74, 6) is -0.730. The summed E-state index contributed by atoms with van der Waals surface area (Å²) in [5, 5.41) is 3.71. The van der Waals surface area contributed by atoms with Crippen LogP contribution in [0, 0.1) is 5.82 Å². The third-order valence-corrected chi connectivity index (χ3v) is 4.28. The van der Waals surface area contributed by atoms with E-state index in [9.17, 15) is 9.18 Å². The molecule has 0 bridgehead atoms. The fourth-order valence-electron chi connectivity index (χ4n) is 2.86. The molecule has 134 valence electrons. The lowest BCUT2D eigenvalue weighted by Crippen LogP contribution is -2.31. The van der Waals surface area contributed by atoms with Gasteiger partial charge >= 0.3 is 0 Å². The highest BCUT2D eigenvalue weighted by Crippen LogP contribution is 2.19. The smallest absolute Gasteiger partial charge is 0.270 e. The summed E-state index contributed by atoms with van der Waals surface area (Å²) in [6.45, 7) is 0.833. The Bertz CT molecular complexity index is 896. The molecule has 2 aromatic carbocycles. The lowest BCUT2D eigenvalue weighted by atomic mass is 10.0. The van der Waals surface area contributed by atoms with Crippen LogP contribution in [0.25, 0.3) is 10.9 Å². The Kier molecular flexibility index (Phi) is 5.58. The highest BCUT2D eigenvalue weighted by Gasteiger charge is 2.17. The van der Waals surface area contributed by atoms with Gasteiger partial charge in [0.05, 0.1) is 6.04 Å². The number of carbonyl (C=O) groups excluding carboxylic acids is 1. The van der Waals surface area contributed by atoms with Crippen molar-refractivity contribution in [2.45, 2.75) is 12.5 Å². The van der Waals surface area contributed by atoms with Gasteiger partial charge in [0.15, 0.2) is 0 Å². The van der Waals surface area contributed by atoms with Crippen LogP contribution < -0.4 is 5.32 Å². The first-order valence-electron chi connectivity index (χ1n) is 8.60. The maximum absolute atomic E-state index is 14.0. The van der Waals surface area contributed by atoms with Crippen LogP contribution in [0.3, 0.4) is 0 Å². The normalized spacial score (nSPS) is 12.3. The van der Waals surface area contributed by atoms with Gasteiger partial charge < -0.3 is 10.2 Å². The predicted molar refractivity (Wildman–Crippen MR) is 102 cm³/mol. The molecular formula is C21H22FN3O. The number of aromatic nitrogens is 1. The van der Waals surface area contributed by atoms with Gasteiger partial charge in [-0.2, -0.15) is 0 Å². The van der Waals surface area contributed by atoms with Gasteiger partial charge in [0.1, 0.15) is 17.0 Å². The number of halogens is 1. The largest absolute Gasteiger partial charge is 0.344 e. The molecule has 1 aromatic heterocycles. The predicted octanol–water partition coefficient (Wildman–Crippen LogP) is 3.80. The molecule has 5 heteroatoms. The van der Waals surface area contributed by atoms with Gasteiger partial charge in [-0.3, -0.25) is 4.79 Å². The van der Waals surface area contributed by atoms with Crippen LogP contribution in [-0.4, -0.2) is 36.4 Å². The lowest BCUT2D eigenvalue weighted by Gasteiger charge is -2.21. The Labute approximate surface area is 152 Å².